The van der Waals surface area contributed by atoms with Gasteiger partial charge in [0.2, 0.25) is 0 Å². The normalized spacial score (nSPS) is 23.4. The first-order valence-electron chi connectivity index (χ1n) is 5.06. The molecular formula is C12H16O. The Hall–Kier alpha value is -0.980. The van der Waals surface area contributed by atoms with E-state index in [4.69, 9.17) is 4.42 Å². The minimum Gasteiger partial charge on any atom is -0.469 e. The summed E-state index contributed by atoms with van der Waals surface area (Å²) in [4.78, 5) is 0. The summed E-state index contributed by atoms with van der Waals surface area (Å²) >= 11 is 0. The molecule has 70 valence electrons. The summed E-state index contributed by atoms with van der Waals surface area (Å²) in [5.74, 6) is 1.77. The van der Waals surface area contributed by atoms with Crippen LogP contribution in [0, 0.1) is 5.92 Å². The highest BCUT2D eigenvalue weighted by Crippen LogP contribution is 2.30. The largest absolute Gasteiger partial charge is 0.469 e. The first kappa shape index (κ1) is 8.61. The van der Waals surface area contributed by atoms with E-state index in [9.17, 15) is 0 Å². The minimum atomic E-state index is 0.667. The van der Waals surface area contributed by atoms with Crippen LogP contribution in [0.4, 0.5) is 0 Å². The lowest BCUT2D eigenvalue weighted by Gasteiger charge is -2.23. The number of allylic oxidation sites excluding steroid dienone is 1. The predicted molar refractivity (Wildman–Crippen MR) is 53.5 cm³/mol. The number of hydrogen-bond acceptors (Lipinski definition) is 1. The van der Waals surface area contributed by atoms with E-state index in [1.54, 1.807) is 6.26 Å². The van der Waals surface area contributed by atoms with Gasteiger partial charge in [-0.15, -0.1) is 0 Å². The highest BCUT2D eigenvalue weighted by molar-refractivity contribution is 5.09. The second-order valence-corrected chi connectivity index (χ2v) is 3.88. The van der Waals surface area contributed by atoms with Crippen molar-refractivity contribution < 1.29 is 4.42 Å². The van der Waals surface area contributed by atoms with Crippen LogP contribution in [0.3, 0.4) is 0 Å². The zero-order valence-electron chi connectivity index (χ0n) is 7.96. The third-order valence-corrected chi connectivity index (χ3v) is 2.91. The first-order chi connectivity index (χ1) is 6.36. The number of rotatable bonds is 2. The Kier molecular flexibility index (Phi) is 2.53. The van der Waals surface area contributed by atoms with Gasteiger partial charge < -0.3 is 4.42 Å². The highest BCUT2D eigenvalue weighted by atomic mass is 16.3. The molecule has 1 unspecified atom stereocenters. The van der Waals surface area contributed by atoms with E-state index in [0.717, 1.165) is 12.2 Å². The molecule has 0 bridgehead atoms. The van der Waals surface area contributed by atoms with E-state index in [1.807, 2.05) is 6.07 Å². The summed E-state index contributed by atoms with van der Waals surface area (Å²) in [6, 6.07) is 4.02. The standard InChI is InChI=1S/C12H16O/c1-10-5-2-3-6-11(10)9-12-7-4-8-13-12/h4,7-8,11H,1-3,5-6,9H2. The minimum absolute atomic E-state index is 0.667. The number of hydrogen-bond donors (Lipinski definition) is 0. The molecule has 1 aromatic rings. The Balaban J connectivity index is 1.97. The van der Waals surface area contributed by atoms with Crippen molar-refractivity contribution in [3.8, 4) is 0 Å². The first-order valence-corrected chi connectivity index (χ1v) is 5.06. The summed E-state index contributed by atoms with van der Waals surface area (Å²) in [6.45, 7) is 4.13. The fraction of sp³-hybridized carbons (Fsp3) is 0.500. The molecule has 1 aliphatic carbocycles. The van der Waals surface area contributed by atoms with Crippen molar-refractivity contribution in [1.82, 2.24) is 0 Å². The molecule has 1 heterocycles. The van der Waals surface area contributed by atoms with Gasteiger partial charge in [-0.2, -0.15) is 0 Å². The van der Waals surface area contributed by atoms with Gasteiger partial charge in [0, 0.05) is 6.42 Å². The topological polar surface area (TPSA) is 13.1 Å². The van der Waals surface area contributed by atoms with Gasteiger partial charge in [0.1, 0.15) is 5.76 Å². The second-order valence-electron chi connectivity index (χ2n) is 3.88. The van der Waals surface area contributed by atoms with Gasteiger partial charge in [0.15, 0.2) is 0 Å². The zero-order valence-corrected chi connectivity index (χ0v) is 7.96. The lowest BCUT2D eigenvalue weighted by Crippen LogP contribution is -2.11. The SMILES string of the molecule is C=C1CCCCC1Cc1ccco1. The Morgan fingerprint density at radius 1 is 1.46 bits per heavy atom. The molecule has 13 heavy (non-hydrogen) atoms. The molecule has 0 aromatic carbocycles. The van der Waals surface area contributed by atoms with Crippen molar-refractivity contribution in [2.45, 2.75) is 32.1 Å². The van der Waals surface area contributed by atoms with E-state index < -0.39 is 0 Å². The van der Waals surface area contributed by atoms with Crippen molar-refractivity contribution in [2.24, 2.45) is 5.92 Å². The third-order valence-electron chi connectivity index (χ3n) is 2.91. The summed E-state index contributed by atoms with van der Waals surface area (Å²) in [6.07, 6.45) is 7.98. The molecule has 0 spiro atoms. The highest BCUT2D eigenvalue weighted by Gasteiger charge is 2.18. The Bertz CT molecular complexity index is 271. The van der Waals surface area contributed by atoms with Crippen LogP contribution >= 0.6 is 0 Å². The van der Waals surface area contributed by atoms with Crippen molar-refractivity contribution in [2.75, 3.05) is 0 Å². The lowest BCUT2D eigenvalue weighted by molar-refractivity contribution is 0.408. The maximum Gasteiger partial charge on any atom is 0.104 e. The summed E-state index contributed by atoms with van der Waals surface area (Å²) < 4.78 is 5.34. The van der Waals surface area contributed by atoms with Gasteiger partial charge in [-0.25, -0.2) is 0 Å². The van der Waals surface area contributed by atoms with Gasteiger partial charge >= 0.3 is 0 Å². The molecule has 0 aliphatic heterocycles. The van der Waals surface area contributed by atoms with Crippen molar-refractivity contribution in [1.29, 1.82) is 0 Å². The molecule has 1 aromatic heterocycles. The molecule has 2 rings (SSSR count). The van der Waals surface area contributed by atoms with Crippen LogP contribution in [-0.4, -0.2) is 0 Å². The van der Waals surface area contributed by atoms with Crippen LogP contribution in [0.25, 0.3) is 0 Å². The van der Waals surface area contributed by atoms with E-state index in [2.05, 4.69) is 12.6 Å². The van der Waals surface area contributed by atoms with Gasteiger partial charge in [0.25, 0.3) is 0 Å². The Labute approximate surface area is 79.4 Å². The fourth-order valence-corrected chi connectivity index (χ4v) is 2.07. The summed E-state index contributed by atoms with van der Waals surface area (Å²) in [5, 5.41) is 0. The summed E-state index contributed by atoms with van der Waals surface area (Å²) in [5.41, 5.74) is 1.42. The summed E-state index contributed by atoms with van der Waals surface area (Å²) in [7, 11) is 0. The molecule has 1 saturated carbocycles. The molecule has 1 atom stereocenters. The molecule has 0 amide bonds. The lowest BCUT2D eigenvalue weighted by atomic mass is 9.83. The smallest absolute Gasteiger partial charge is 0.104 e. The molecule has 1 heteroatoms. The van der Waals surface area contributed by atoms with Crippen LogP contribution < -0.4 is 0 Å². The van der Waals surface area contributed by atoms with Crippen LogP contribution in [0.5, 0.6) is 0 Å². The predicted octanol–water partition coefficient (Wildman–Crippen LogP) is 3.57. The molecule has 0 N–H and O–H groups in total. The van der Waals surface area contributed by atoms with Gasteiger partial charge in [-0.1, -0.05) is 18.6 Å². The van der Waals surface area contributed by atoms with E-state index in [1.165, 1.54) is 31.3 Å². The van der Waals surface area contributed by atoms with Gasteiger partial charge in [0.05, 0.1) is 6.26 Å². The van der Waals surface area contributed by atoms with Crippen molar-refractivity contribution in [3.05, 3.63) is 36.3 Å². The van der Waals surface area contributed by atoms with Gasteiger partial charge in [-0.3, -0.25) is 0 Å². The Morgan fingerprint density at radius 2 is 2.38 bits per heavy atom. The maximum absolute atomic E-state index is 5.34. The molecule has 1 nitrogen and oxygen atoms in total. The maximum atomic E-state index is 5.34. The molecular weight excluding hydrogens is 160 g/mol. The van der Waals surface area contributed by atoms with E-state index in [-0.39, 0.29) is 0 Å². The monoisotopic (exact) mass is 176 g/mol. The van der Waals surface area contributed by atoms with Crippen LogP contribution in [0.2, 0.25) is 0 Å². The zero-order chi connectivity index (χ0) is 9.10. The second kappa shape index (κ2) is 3.82. The van der Waals surface area contributed by atoms with Crippen molar-refractivity contribution in [3.63, 3.8) is 0 Å². The average molecular weight is 176 g/mol. The van der Waals surface area contributed by atoms with Crippen LogP contribution in [0.15, 0.2) is 35.0 Å². The Morgan fingerprint density at radius 3 is 3.08 bits per heavy atom. The quantitative estimate of drug-likeness (QED) is 0.628. The average Bonchev–Trinajstić information content (AvgIpc) is 2.61. The van der Waals surface area contributed by atoms with E-state index in [0.29, 0.717) is 5.92 Å². The molecule has 0 radical (unpaired) electrons. The molecule has 1 fully saturated rings. The van der Waals surface area contributed by atoms with Crippen LogP contribution in [-0.2, 0) is 6.42 Å². The van der Waals surface area contributed by atoms with Crippen molar-refractivity contribution >= 4 is 0 Å². The van der Waals surface area contributed by atoms with E-state index >= 15 is 0 Å². The fourth-order valence-electron chi connectivity index (χ4n) is 2.07. The number of furan rings is 1. The molecule has 1 aliphatic rings. The molecule has 0 saturated heterocycles. The van der Waals surface area contributed by atoms with Crippen LogP contribution in [0.1, 0.15) is 31.4 Å². The third kappa shape index (κ3) is 2.03. The van der Waals surface area contributed by atoms with Gasteiger partial charge in [-0.05, 0) is 37.3 Å².